The van der Waals surface area contributed by atoms with Crippen molar-refractivity contribution >= 4 is 17.5 Å². The number of nitrogens with one attached hydrogen (secondary N) is 2. The molecule has 0 spiro atoms. The Morgan fingerprint density at radius 2 is 1.69 bits per heavy atom. The summed E-state index contributed by atoms with van der Waals surface area (Å²) in [6.07, 6.45) is 0. The standard InChI is InChI=1S/C23H19N3O3/c24-14-17-9-11-20(12-10-17)26-22(27)16-29-21-8-4-7-19(13-21)23(28)25-15-18-5-2-1-3-6-18/h1-13H,15-16H2,(H,25,28)(H,26,27). The van der Waals surface area contributed by atoms with Crippen molar-refractivity contribution < 1.29 is 14.3 Å². The minimum atomic E-state index is -0.339. The minimum absolute atomic E-state index is 0.199. The number of nitriles is 1. The molecule has 3 aromatic rings. The minimum Gasteiger partial charge on any atom is -0.484 e. The van der Waals surface area contributed by atoms with E-state index in [9.17, 15) is 9.59 Å². The van der Waals surface area contributed by atoms with E-state index in [4.69, 9.17) is 10.00 Å². The number of hydrogen-bond acceptors (Lipinski definition) is 4. The van der Waals surface area contributed by atoms with E-state index in [1.165, 1.54) is 0 Å². The van der Waals surface area contributed by atoms with Gasteiger partial charge in [0.25, 0.3) is 11.8 Å². The maximum Gasteiger partial charge on any atom is 0.262 e. The largest absolute Gasteiger partial charge is 0.484 e. The van der Waals surface area contributed by atoms with Gasteiger partial charge in [-0.05, 0) is 48.0 Å². The summed E-state index contributed by atoms with van der Waals surface area (Å²) < 4.78 is 5.49. The van der Waals surface area contributed by atoms with Gasteiger partial charge in [-0.25, -0.2) is 0 Å². The van der Waals surface area contributed by atoms with Crippen LogP contribution in [0.5, 0.6) is 5.75 Å². The van der Waals surface area contributed by atoms with Crippen molar-refractivity contribution in [2.24, 2.45) is 0 Å². The van der Waals surface area contributed by atoms with Gasteiger partial charge in [0.1, 0.15) is 5.75 Å². The highest BCUT2D eigenvalue weighted by atomic mass is 16.5. The van der Waals surface area contributed by atoms with Crippen molar-refractivity contribution in [1.82, 2.24) is 5.32 Å². The second-order valence-corrected chi connectivity index (χ2v) is 6.22. The summed E-state index contributed by atoms with van der Waals surface area (Å²) in [4.78, 5) is 24.4. The molecule has 29 heavy (non-hydrogen) atoms. The van der Waals surface area contributed by atoms with Crippen molar-refractivity contribution in [3.8, 4) is 11.8 Å². The summed E-state index contributed by atoms with van der Waals surface area (Å²) in [5.41, 5.74) is 2.55. The number of amides is 2. The van der Waals surface area contributed by atoms with E-state index < -0.39 is 0 Å². The Labute approximate surface area is 168 Å². The van der Waals surface area contributed by atoms with Crippen molar-refractivity contribution in [2.45, 2.75) is 6.54 Å². The van der Waals surface area contributed by atoms with Crippen LogP contribution in [0.25, 0.3) is 0 Å². The fraction of sp³-hybridized carbons (Fsp3) is 0.0870. The van der Waals surface area contributed by atoms with Crippen LogP contribution in [0.4, 0.5) is 5.69 Å². The van der Waals surface area contributed by atoms with Crippen molar-refractivity contribution in [2.75, 3.05) is 11.9 Å². The molecule has 0 aliphatic carbocycles. The molecule has 0 atom stereocenters. The van der Waals surface area contributed by atoms with Gasteiger partial charge in [-0.2, -0.15) is 5.26 Å². The van der Waals surface area contributed by atoms with E-state index in [2.05, 4.69) is 10.6 Å². The monoisotopic (exact) mass is 385 g/mol. The van der Waals surface area contributed by atoms with E-state index in [-0.39, 0.29) is 18.4 Å². The molecule has 6 heteroatoms. The van der Waals surface area contributed by atoms with Gasteiger partial charge in [-0.1, -0.05) is 36.4 Å². The third-order valence-electron chi connectivity index (χ3n) is 4.06. The Morgan fingerprint density at radius 1 is 0.931 bits per heavy atom. The molecule has 3 aromatic carbocycles. The third kappa shape index (κ3) is 5.94. The first-order valence-corrected chi connectivity index (χ1v) is 8.99. The quantitative estimate of drug-likeness (QED) is 0.651. The zero-order valence-corrected chi connectivity index (χ0v) is 15.6. The smallest absolute Gasteiger partial charge is 0.262 e. The average Bonchev–Trinajstić information content (AvgIpc) is 2.77. The van der Waals surface area contributed by atoms with Crippen LogP contribution >= 0.6 is 0 Å². The molecule has 0 aromatic heterocycles. The van der Waals surface area contributed by atoms with Crippen molar-refractivity contribution in [1.29, 1.82) is 5.26 Å². The van der Waals surface area contributed by atoms with Gasteiger partial charge in [0.2, 0.25) is 0 Å². The summed E-state index contributed by atoms with van der Waals surface area (Å²) >= 11 is 0. The van der Waals surface area contributed by atoms with Crippen LogP contribution in [0.3, 0.4) is 0 Å². The Bertz CT molecular complexity index is 1030. The molecule has 0 radical (unpaired) electrons. The van der Waals surface area contributed by atoms with Gasteiger partial charge in [0.05, 0.1) is 11.6 Å². The number of ether oxygens (including phenoxy) is 1. The molecule has 6 nitrogen and oxygen atoms in total. The highest BCUT2D eigenvalue weighted by molar-refractivity contribution is 5.94. The maximum atomic E-state index is 12.3. The second kappa shape index (κ2) is 9.72. The van der Waals surface area contributed by atoms with Gasteiger partial charge in [-0.3, -0.25) is 9.59 Å². The number of nitrogens with zero attached hydrogens (tertiary/aromatic N) is 1. The number of hydrogen-bond donors (Lipinski definition) is 2. The Hall–Kier alpha value is -4.11. The molecule has 3 rings (SSSR count). The van der Waals surface area contributed by atoms with E-state index in [0.29, 0.717) is 29.1 Å². The summed E-state index contributed by atoms with van der Waals surface area (Å²) in [6.45, 7) is 0.229. The SMILES string of the molecule is N#Cc1ccc(NC(=O)COc2cccc(C(=O)NCc3ccccc3)c2)cc1. The fourth-order valence-corrected chi connectivity index (χ4v) is 2.58. The van der Waals surface area contributed by atoms with Gasteiger partial charge in [-0.15, -0.1) is 0 Å². The third-order valence-corrected chi connectivity index (χ3v) is 4.06. The predicted octanol–water partition coefficient (Wildman–Crippen LogP) is 3.51. The Kier molecular flexibility index (Phi) is 6.58. The molecular weight excluding hydrogens is 366 g/mol. The van der Waals surface area contributed by atoms with E-state index >= 15 is 0 Å². The lowest BCUT2D eigenvalue weighted by Crippen LogP contribution is -2.23. The first-order chi connectivity index (χ1) is 14.1. The molecule has 0 fully saturated rings. The highest BCUT2D eigenvalue weighted by Crippen LogP contribution is 2.14. The van der Waals surface area contributed by atoms with Crippen molar-refractivity contribution in [3.63, 3.8) is 0 Å². The van der Waals surface area contributed by atoms with E-state index in [1.807, 2.05) is 36.4 Å². The topological polar surface area (TPSA) is 91.2 Å². The van der Waals surface area contributed by atoms with Gasteiger partial charge in [0.15, 0.2) is 6.61 Å². The van der Waals surface area contributed by atoms with E-state index in [0.717, 1.165) is 5.56 Å². The zero-order chi connectivity index (χ0) is 20.5. The number of benzene rings is 3. The summed E-state index contributed by atoms with van der Waals surface area (Å²) in [5.74, 6) is -0.137. The van der Waals surface area contributed by atoms with Crippen LogP contribution in [0.15, 0.2) is 78.9 Å². The van der Waals surface area contributed by atoms with Crippen LogP contribution in [-0.2, 0) is 11.3 Å². The van der Waals surface area contributed by atoms with Gasteiger partial charge >= 0.3 is 0 Å². The molecular formula is C23H19N3O3. The van der Waals surface area contributed by atoms with Crippen molar-refractivity contribution in [3.05, 3.63) is 95.6 Å². The molecule has 0 saturated heterocycles. The lowest BCUT2D eigenvalue weighted by atomic mass is 10.2. The second-order valence-electron chi connectivity index (χ2n) is 6.22. The number of rotatable bonds is 7. The first-order valence-electron chi connectivity index (χ1n) is 8.99. The lowest BCUT2D eigenvalue weighted by molar-refractivity contribution is -0.118. The van der Waals surface area contributed by atoms with Crippen LogP contribution in [0, 0.1) is 11.3 Å². The predicted molar refractivity (Wildman–Crippen MR) is 109 cm³/mol. The molecule has 0 saturated carbocycles. The van der Waals surface area contributed by atoms with Gasteiger partial charge in [0, 0.05) is 17.8 Å². The zero-order valence-electron chi connectivity index (χ0n) is 15.6. The molecule has 0 bridgehead atoms. The number of carbonyl (C=O) groups is 2. The normalized spacial score (nSPS) is 9.90. The average molecular weight is 385 g/mol. The Balaban J connectivity index is 1.51. The highest BCUT2D eigenvalue weighted by Gasteiger charge is 2.08. The van der Waals surface area contributed by atoms with Gasteiger partial charge < -0.3 is 15.4 Å². The van der Waals surface area contributed by atoms with Crippen LogP contribution in [-0.4, -0.2) is 18.4 Å². The fourth-order valence-electron chi connectivity index (χ4n) is 2.58. The van der Waals surface area contributed by atoms with Crippen LogP contribution in [0.2, 0.25) is 0 Å². The summed E-state index contributed by atoms with van der Waals surface area (Å²) in [6, 6.07) is 24.8. The summed E-state index contributed by atoms with van der Waals surface area (Å²) in [7, 11) is 0. The molecule has 0 unspecified atom stereocenters. The molecule has 0 aliphatic rings. The van der Waals surface area contributed by atoms with Crippen LogP contribution in [0.1, 0.15) is 21.5 Å². The summed E-state index contributed by atoms with van der Waals surface area (Å²) in [5, 5.41) is 14.3. The first kappa shape index (κ1) is 19.6. The molecule has 0 aliphatic heterocycles. The lowest BCUT2D eigenvalue weighted by Gasteiger charge is -2.09. The van der Waals surface area contributed by atoms with Crippen LogP contribution < -0.4 is 15.4 Å². The number of carbonyl (C=O) groups excluding carboxylic acids is 2. The maximum absolute atomic E-state index is 12.3. The van der Waals surface area contributed by atoms with E-state index in [1.54, 1.807) is 48.5 Å². The molecule has 2 amide bonds. The number of anilines is 1. The molecule has 2 N–H and O–H groups in total. The molecule has 0 heterocycles. The molecule has 144 valence electrons. The Morgan fingerprint density at radius 3 is 2.41 bits per heavy atom.